The van der Waals surface area contributed by atoms with Gasteiger partial charge in [-0.2, -0.15) is 0 Å². The molecule has 1 aliphatic heterocycles. The maximum atomic E-state index is 5.15. The zero-order valence-electron chi connectivity index (χ0n) is 4.68. The second-order valence-corrected chi connectivity index (χ2v) is 2.04. The molecule has 1 aliphatic rings. The largest absolute Gasteiger partial charge is 0.373 e. The molecule has 1 saturated heterocycles. The maximum Gasteiger partial charge on any atom is 0.0840 e. The quantitative estimate of drug-likeness (QED) is 0.449. The summed E-state index contributed by atoms with van der Waals surface area (Å²) in [4.78, 5) is 0. The standard InChI is InChI=1S/C6H11O/c1-6-4-2-3-5-7-6/h5-6H,2-4H2,1H3. The summed E-state index contributed by atoms with van der Waals surface area (Å²) in [6, 6.07) is 0. The molecule has 1 fully saturated rings. The van der Waals surface area contributed by atoms with Crippen LogP contribution in [0, 0.1) is 6.61 Å². The summed E-state index contributed by atoms with van der Waals surface area (Å²) < 4.78 is 5.15. The van der Waals surface area contributed by atoms with Crippen LogP contribution < -0.4 is 0 Å². The van der Waals surface area contributed by atoms with E-state index in [4.69, 9.17) is 4.74 Å². The van der Waals surface area contributed by atoms with Crippen molar-refractivity contribution in [3.05, 3.63) is 6.61 Å². The molecule has 1 heteroatoms. The lowest BCUT2D eigenvalue weighted by Gasteiger charge is -2.16. The maximum absolute atomic E-state index is 5.15. The van der Waals surface area contributed by atoms with Gasteiger partial charge >= 0.3 is 0 Å². The van der Waals surface area contributed by atoms with E-state index in [1.54, 1.807) is 0 Å². The summed E-state index contributed by atoms with van der Waals surface area (Å²) in [7, 11) is 0. The number of hydrogen-bond donors (Lipinski definition) is 0. The Morgan fingerprint density at radius 2 is 2.57 bits per heavy atom. The van der Waals surface area contributed by atoms with Gasteiger partial charge in [0.2, 0.25) is 0 Å². The fraction of sp³-hybridized carbons (Fsp3) is 0.833. The van der Waals surface area contributed by atoms with Crippen LogP contribution in [-0.2, 0) is 4.74 Å². The predicted molar refractivity (Wildman–Crippen MR) is 28.7 cm³/mol. The van der Waals surface area contributed by atoms with E-state index in [2.05, 4.69) is 6.92 Å². The third kappa shape index (κ3) is 1.48. The first kappa shape index (κ1) is 5.10. The van der Waals surface area contributed by atoms with E-state index in [0.29, 0.717) is 6.10 Å². The van der Waals surface area contributed by atoms with Crippen LogP contribution in [0.1, 0.15) is 26.2 Å². The van der Waals surface area contributed by atoms with Gasteiger partial charge in [0, 0.05) is 0 Å². The molecule has 0 saturated carbocycles. The van der Waals surface area contributed by atoms with Crippen molar-refractivity contribution in [2.24, 2.45) is 0 Å². The van der Waals surface area contributed by atoms with Gasteiger partial charge in [-0.1, -0.05) is 0 Å². The minimum Gasteiger partial charge on any atom is -0.373 e. The molecule has 1 unspecified atom stereocenters. The van der Waals surface area contributed by atoms with Gasteiger partial charge in [-0.15, -0.1) is 0 Å². The van der Waals surface area contributed by atoms with E-state index in [-0.39, 0.29) is 0 Å². The Bertz CT molecular complexity index is 46.1. The van der Waals surface area contributed by atoms with Crippen LogP contribution >= 0.6 is 0 Å². The van der Waals surface area contributed by atoms with Crippen LogP contribution in [0.5, 0.6) is 0 Å². The zero-order valence-corrected chi connectivity index (χ0v) is 4.68. The lowest BCUT2D eigenvalue weighted by molar-refractivity contribution is 0.0786. The van der Waals surface area contributed by atoms with Crippen molar-refractivity contribution in [3.63, 3.8) is 0 Å². The fourth-order valence-corrected chi connectivity index (χ4v) is 0.789. The Morgan fingerprint density at radius 1 is 1.71 bits per heavy atom. The Hall–Kier alpha value is -0.0400. The Morgan fingerprint density at radius 3 is 2.86 bits per heavy atom. The van der Waals surface area contributed by atoms with Crippen LogP contribution in [0.2, 0.25) is 0 Å². The van der Waals surface area contributed by atoms with Crippen molar-refractivity contribution in [2.45, 2.75) is 32.3 Å². The van der Waals surface area contributed by atoms with Crippen LogP contribution in [0.4, 0.5) is 0 Å². The van der Waals surface area contributed by atoms with Crippen LogP contribution in [-0.4, -0.2) is 6.10 Å². The van der Waals surface area contributed by atoms with E-state index in [1.807, 2.05) is 6.61 Å². The molecular formula is C6H11O. The highest BCUT2D eigenvalue weighted by Gasteiger charge is 2.06. The molecule has 0 aromatic rings. The highest BCUT2D eigenvalue weighted by molar-refractivity contribution is 4.63. The number of rotatable bonds is 0. The van der Waals surface area contributed by atoms with E-state index in [1.165, 1.54) is 12.8 Å². The molecule has 0 aromatic carbocycles. The van der Waals surface area contributed by atoms with Crippen molar-refractivity contribution in [1.82, 2.24) is 0 Å². The number of ether oxygens (including phenoxy) is 1. The molecule has 0 aromatic heterocycles. The van der Waals surface area contributed by atoms with Crippen molar-refractivity contribution in [3.8, 4) is 0 Å². The predicted octanol–water partition coefficient (Wildman–Crippen LogP) is 1.74. The monoisotopic (exact) mass is 99.1 g/mol. The van der Waals surface area contributed by atoms with Gasteiger partial charge in [-0.25, -0.2) is 0 Å². The molecule has 0 aliphatic carbocycles. The van der Waals surface area contributed by atoms with Gasteiger partial charge in [0.1, 0.15) is 0 Å². The van der Waals surface area contributed by atoms with Gasteiger partial charge in [0.15, 0.2) is 0 Å². The average Bonchev–Trinajstić information content (AvgIpc) is 1.69. The SMILES string of the molecule is CC1CCC[CH]O1. The summed E-state index contributed by atoms with van der Waals surface area (Å²) in [6.45, 7) is 4.02. The van der Waals surface area contributed by atoms with Crippen molar-refractivity contribution >= 4 is 0 Å². The molecule has 1 atom stereocenters. The summed E-state index contributed by atoms with van der Waals surface area (Å²) in [6.07, 6.45) is 4.16. The van der Waals surface area contributed by atoms with Gasteiger partial charge in [0.25, 0.3) is 0 Å². The van der Waals surface area contributed by atoms with E-state index in [9.17, 15) is 0 Å². The van der Waals surface area contributed by atoms with E-state index >= 15 is 0 Å². The van der Waals surface area contributed by atoms with Crippen molar-refractivity contribution in [2.75, 3.05) is 0 Å². The highest BCUT2D eigenvalue weighted by atomic mass is 16.5. The summed E-state index contributed by atoms with van der Waals surface area (Å²) in [5.74, 6) is 0. The van der Waals surface area contributed by atoms with Crippen LogP contribution in [0.25, 0.3) is 0 Å². The molecule has 1 nitrogen and oxygen atoms in total. The third-order valence-corrected chi connectivity index (χ3v) is 1.26. The minimum atomic E-state index is 0.480. The van der Waals surface area contributed by atoms with E-state index in [0.717, 1.165) is 6.42 Å². The molecule has 1 rings (SSSR count). The molecule has 1 heterocycles. The Balaban J connectivity index is 2.12. The lowest BCUT2D eigenvalue weighted by Crippen LogP contribution is -2.10. The Kier molecular flexibility index (Phi) is 1.69. The molecule has 0 N–H and O–H groups in total. The van der Waals surface area contributed by atoms with Gasteiger partial charge in [-0.05, 0) is 26.2 Å². The molecule has 7 heavy (non-hydrogen) atoms. The summed E-state index contributed by atoms with van der Waals surface area (Å²) in [5, 5.41) is 0. The van der Waals surface area contributed by atoms with Crippen LogP contribution in [0.15, 0.2) is 0 Å². The molecular weight excluding hydrogens is 88.1 g/mol. The zero-order chi connectivity index (χ0) is 5.11. The lowest BCUT2D eigenvalue weighted by atomic mass is 10.1. The minimum absolute atomic E-state index is 0.480. The smallest absolute Gasteiger partial charge is 0.0840 e. The van der Waals surface area contributed by atoms with Gasteiger partial charge in [-0.3, -0.25) is 0 Å². The fourth-order valence-electron chi connectivity index (χ4n) is 0.789. The van der Waals surface area contributed by atoms with Crippen molar-refractivity contribution in [1.29, 1.82) is 0 Å². The molecule has 1 radical (unpaired) electrons. The molecule has 41 valence electrons. The summed E-state index contributed by atoms with van der Waals surface area (Å²) in [5.41, 5.74) is 0. The average molecular weight is 99.2 g/mol. The first-order valence-electron chi connectivity index (χ1n) is 2.87. The van der Waals surface area contributed by atoms with Crippen LogP contribution in [0.3, 0.4) is 0 Å². The molecule has 0 amide bonds. The number of hydrogen-bond acceptors (Lipinski definition) is 1. The first-order valence-corrected chi connectivity index (χ1v) is 2.87. The normalized spacial score (nSPS) is 33.0. The highest BCUT2D eigenvalue weighted by Crippen LogP contribution is 2.13. The first-order chi connectivity index (χ1) is 3.39. The third-order valence-electron chi connectivity index (χ3n) is 1.26. The van der Waals surface area contributed by atoms with Crippen molar-refractivity contribution < 1.29 is 4.74 Å². The second-order valence-electron chi connectivity index (χ2n) is 2.04. The topological polar surface area (TPSA) is 9.23 Å². The molecule has 0 bridgehead atoms. The molecule has 0 spiro atoms. The Labute approximate surface area is 44.7 Å². The summed E-state index contributed by atoms with van der Waals surface area (Å²) >= 11 is 0. The van der Waals surface area contributed by atoms with Gasteiger partial charge in [0.05, 0.1) is 12.7 Å². The van der Waals surface area contributed by atoms with Gasteiger partial charge < -0.3 is 4.74 Å². The van der Waals surface area contributed by atoms with E-state index < -0.39 is 0 Å². The second kappa shape index (κ2) is 2.31.